The first-order valence-corrected chi connectivity index (χ1v) is 14.0. The van der Waals surface area contributed by atoms with Gasteiger partial charge in [-0.05, 0) is 70.7 Å². The first-order valence-electron chi connectivity index (χ1n) is 13.6. The van der Waals surface area contributed by atoms with Gasteiger partial charge in [0.2, 0.25) is 5.88 Å². The number of ether oxygens (including phenoxy) is 1. The molecule has 4 aromatic rings. The minimum absolute atomic E-state index is 0.0832. The van der Waals surface area contributed by atoms with Gasteiger partial charge in [-0.15, -0.1) is 5.10 Å². The van der Waals surface area contributed by atoms with Crippen molar-refractivity contribution < 1.29 is 19.1 Å². The zero-order chi connectivity index (χ0) is 30.2. The number of aromatic nitrogens is 5. The Labute approximate surface area is 247 Å². The molecule has 0 aliphatic heterocycles. The first-order chi connectivity index (χ1) is 20.0. The second kappa shape index (κ2) is 11.4. The molecule has 1 aliphatic rings. The standard InChI is InChI=1S/C30H32ClN7O4/c1-17(2)33-28(40)23-24(34-27(39)21-15-22(42-5)35-38(21)26-20(31)10-9-13-32-26)18(3)14-19-16-37(36-25(19)23)29(41)30(4)11-7-6-8-12-30/h7,9-11,13-17H,6,8,12H2,1-5H3,(H,33,40)(H,34,39). The van der Waals surface area contributed by atoms with Gasteiger partial charge in [0.25, 0.3) is 17.7 Å². The fourth-order valence-electron chi connectivity index (χ4n) is 5.08. The summed E-state index contributed by atoms with van der Waals surface area (Å²) in [7, 11) is 1.43. The summed E-state index contributed by atoms with van der Waals surface area (Å²) in [5.41, 5.74) is 0.693. The molecule has 1 atom stereocenters. The Hall–Kier alpha value is -4.51. The lowest BCUT2D eigenvalue weighted by atomic mass is 9.80. The van der Waals surface area contributed by atoms with Crippen molar-refractivity contribution in [3.05, 3.63) is 70.7 Å². The number of methoxy groups -OCH3 is 1. The van der Waals surface area contributed by atoms with E-state index >= 15 is 0 Å². The summed E-state index contributed by atoms with van der Waals surface area (Å²) in [6.45, 7) is 7.34. The Morgan fingerprint density at radius 2 is 1.95 bits per heavy atom. The highest BCUT2D eigenvalue weighted by Gasteiger charge is 2.34. The average molecular weight is 590 g/mol. The highest BCUT2D eigenvalue weighted by Crippen LogP contribution is 2.35. The third-order valence-electron chi connectivity index (χ3n) is 7.20. The smallest absolute Gasteiger partial charge is 0.274 e. The predicted molar refractivity (Wildman–Crippen MR) is 160 cm³/mol. The van der Waals surface area contributed by atoms with Gasteiger partial charge in [0.15, 0.2) is 5.82 Å². The molecule has 0 saturated carbocycles. The molecule has 5 rings (SSSR count). The Morgan fingerprint density at radius 1 is 1.17 bits per heavy atom. The van der Waals surface area contributed by atoms with E-state index < -0.39 is 17.2 Å². The van der Waals surface area contributed by atoms with Gasteiger partial charge >= 0.3 is 0 Å². The van der Waals surface area contributed by atoms with Crippen molar-refractivity contribution in [3.63, 3.8) is 0 Å². The highest BCUT2D eigenvalue weighted by molar-refractivity contribution is 6.32. The van der Waals surface area contributed by atoms with E-state index in [0.29, 0.717) is 22.9 Å². The second-order valence-corrected chi connectivity index (χ2v) is 11.3. The molecule has 11 nitrogen and oxygen atoms in total. The third-order valence-corrected chi connectivity index (χ3v) is 7.49. The van der Waals surface area contributed by atoms with Gasteiger partial charge in [-0.25, -0.2) is 14.3 Å². The van der Waals surface area contributed by atoms with E-state index in [4.69, 9.17) is 16.3 Å². The normalized spacial score (nSPS) is 16.5. The van der Waals surface area contributed by atoms with Gasteiger partial charge in [0, 0.05) is 29.9 Å². The Morgan fingerprint density at radius 3 is 2.62 bits per heavy atom. The number of halogens is 1. The second-order valence-electron chi connectivity index (χ2n) is 10.8. The number of hydrogen-bond acceptors (Lipinski definition) is 7. The lowest BCUT2D eigenvalue weighted by Crippen LogP contribution is -2.33. The topological polar surface area (TPSA) is 133 Å². The summed E-state index contributed by atoms with van der Waals surface area (Å²) in [6, 6.07) is 6.35. The number of carbonyl (C=O) groups is 3. The number of pyridine rings is 1. The summed E-state index contributed by atoms with van der Waals surface area (Å²) in [5, 5.41) is 15.6. The molecule has 2 N–H and O–H groups in total. The molecule has 1 aliphatic carbocycles. The predicted octanol–water partition coefficient (Wildman–Crippen LogP) is 5.36. The molecular formula is C30H32ClN7O4. The van der Waals surface area contributed by atoms with Crippen LogP contribution < -0.4 is 15.4 Å². The van der Waals surface area contributed by atoms with Crippen LogP contribution in [0.25, 0.3) is 16.7 Å². The molecule has 1 unspecified atom stereocenters. The minimum atomic E-state index is -0.697. The molecule has 218 valence electrons. The van der Waals surface area contributed by atoms with E-state index in [0.717, 1.165) is 12.8 Å². The van der Waals surface area contributed by atoms with E-state index in [-0.39, 0.29) is 45.6 Å². The van der Waals surface area contributed by atoms with E-state index in [1.54, 1.807) is 31.3 Å². The van der Waals surface area contributed by atoms with Crippen LogP contribution >= 0.6 is 11.6 Å². The van der Waals surface area contributed by atoms with Gasteiger partial charge in [-0.1, -0.05) is 23.8 Å². The number of benzene rings is 1. The molecule has 3 heterocycles. The van der Waals surface area contributed by atoms with Crippen molar-refractivity contribution in [2.24, 2.45) is 5.41 Å². The molecule has 0 saturated heterocycles. The molecule has 0 fully saturated rings. The number of nitrogens with zero attached hydrogens (tertiary/aromatic N) is 5. The average Bonchev–Trinajstić information content (AvgIpc) is 3.57. The van der Waals surface area contributed by atoms with Gasteiger partial charge in [-0.2, -0.15) is 5.10 Å². The van der Waals surface area contributed by atoms with Gasteiger partial charge < -0.3 is 15.4 Å². The zero-order valence-corrected chi connectivity index (χ0v) is 24.8. The number of hydrogen-bond donors (Lipinski definition) is 2. The van der Waals surface area contributed by atoms with Crippen LogP contribution in [0.5, 0.6) is 5.88 Å². The van der Waals surface area contributed by atoms with Crippen LogP contribution in [-0.4, -0.2) is 55.4 Å². The summed E-state index contributed by atoms with van der Waals surface area (Å²) in [6.07, 6.45) is 9.66. The van der Waals surface area contributed by atoms with E-state index in [1.165, 1.54) is 28.7 Å². The number of allylic oxidation sites excluding steroid dienone is 2. The summed E-state index contributed by atoms with van der Waals surface area (Å²) in [4.78, 5) is 45.2. The SMILES string of the molecule is COc1cc(C(=O)Nc2c(C)cc3cn(C(=O)C4(C)C=CCCC4)nc3c2C(=O)NC(C)C)n(-c2ncccc2Cl)n1. The van der Waals surface area contributed by atoms with Crippen LogP contribution in [0.2, 0.25) is 5.02 Å². The van der Waals surface area contributed by atoms with Crippen molar-refractivity contribution in [2.75, 3.05) is 12.4 Å². The van der Waals surface area contributed by atoms with Gasteiger partial charge in [-0.3, -0.25) is 14.4 Å². The Bertz CT molecular complexity index is 1740. The molecule has 2 amide bonds. The van der Waals surface area contributed by atoms with Crippen LogP contribution in [0.4, 0.5) is 5.69 Å². The molecular weight excluding hydrogens is 558 g/mol. The summed E-state index contributed by atoms with van der Waals surface area (Å²) >= 11 is 6.36. The molecule has 3 aromatic heterocycles. The fourth-order valence-corrected chi connectivity index (χ4v) is 5.28. The molecule has 0 bridgehead atoms. The van der Waals surface area contributed by atoms with Crippen LogP contribution in [0.15, 0.2) is 48.8 Å². The van der Waals surface area contributed by atoms with Crippen LogP contribution in [0.3, 0.4) is 0 Å². The van der Waals surface area contributed by atoms with Crippen molar-refractivity contribution in [1.29, 1.82) is 0 Å². The van der Waals surface area contributed by atoms with E-state index in [9.17, 15) is 14.4 Å². The fraction of sp³-hybridized carbons (Fsp3) is 0.333. The first kappa shape index (κ1) is 29.0. The van der Waals surface area contributed by atoms with Crippen LogP contribution in [0.1, 0.15) is 71.2 Å². The molecule has 1 aromatic carbocycles. The van der Waals surface area contributed by atoms with E-state index in [2.05, 4.69) is 25.8 Å². The number of carbonyl (C=O) groups excluding carboxylic acids is 3. The summed E-state index contributed by atoms with van der Waals surface area (Å²) in [5.74, 6) is -0.788. The van der Waals surface area contributed by atoms with Crippen molar-refractivity contribution in [3.8, 4) is 11.7 Å². The largest absolute Gasteiger partial charge is 0.480 e. The van der Waals surface area contributed by atoms with Crippen LogP contribution in [0, 0.1) is 12.3 Å². The molecule has 0 spiro atoms. The van der Waals surface area contributed by atoms with E-state index in [1.807, 2.05) is 32.9 Å². The number of aryl methyl sites for hydroxylation is 1. The Balaban J connectivity index is 1.62. The number of amides is 2. The van der Waals surface area contributed by atoms with Crippen LogP contribution in [-0.2, 0) is 0 Å². The molecule has 12 heteroatoms. The Kier molecular flexibility index (Phi) is 7.87. The maximum atomic E-state index is 13.8. The maximum absolute atomic E-state index is 13.8. The number of fused-ring (bicyclic) bond motifs is 1. The third kappa shape index (κ3) is 5.39. The summed E-state index contributed by atoms with van der Waals surface area (Å²) < 4.78 is 7.86. The van der Waals surface area contributed by atoms with Crippen molar-refractivity contribution in [1.82, 2.24) is 29.9 Å². The number of anilines is 1. The lowest BCUT2D eigenvalue weighted by molar-refractivity contribution is 0.0743. The minimum Gasteiger partial charge on any atom is -0.480 e. The molecule has 42 heavy (non-hydrogen) atoms. The van der Waals surface area contributed by atoms with Gasteiger partial charge in [0.1, 0.15) is 11.2 Å². The van der Waals surface area contributed by atoms with Crippen molar-refractivity contribution >= 4 is 45.9 Å². The highest BCUT2D eigenvalue weighted by atomic mass is 35.5. The number of nitrogens with one attached hydrogen (secondary N) is 2. The lowest BCUT2D eigenvalue weighted by Gasteiger charge is -2.26. The maximum Gasteiger partial charge on any atom is 0.274 e. The van der Waals surface area contributed by atoms with Gasteiger partial charge in [0.05, 0.1) is 28.8 Å². The number of rotatable bonds is 7. The quantitative estimate of drug-likeness (QED) is 0.277. The van der Waals surface area contributed by atoms with Crippen molar-refractivity contribution in [2.45, 2.75) is 53.0 Å². The molecule has 0 radical (unpaired) electrons. The monoisotopic (exact) mass is 589 g/mol. The zero-order valence-electron chi connectivity index (χ0n) is 24.1.